The number of likely N-dealkylation sites (tertiary alicyclic amines) is 1. The molecule has 0 radical (unpaired) electrons. The first-order chi connectivity index (χ1) is 14.1. The van der Waals surface area contributed by atoms with Gasteiger partial charge in [0.05, 0.1) is 0 Å². The Morgan fingerprint density at radius 1 is 1.21 bits per heavy atom. The average molecular weight is 414 g/mol. The van der Waals surface area contributed by atoms with Gasteiger partial charge in [-0.1, -0.05) is 48.9 Å². The first-order valence-corrected chi connectivity index (χ1v) is 10.9. The highest BCUT2D eigenvalue weighted by Gasteiger charge is 2.17. The van der Waals surface area contributed by atoms with E-state index in [0.717, 1.165) is 43.5 Å². The van der Waals surface area contributed by atoms with Gasteiger partial charge in [-0.05, 0) is 54.5 Å². The number of hydrogen-bond acceptors (Lipinski definition) is 3. The van der Waals surface area contributed by atoms with Crippen molar-refractivity contribution in [3.8, 4) is 0 Å². The van der Waals surface area contributed by atoms with E-state index in [9.17, 15) is 0 Å². The van der Waals surface area contributed by atoms with Crippen molar-refractivity contribution in [2.45, 2.75) is 39.3 Å². The standard InChI is InChI=1S/C23H32ClN5/c1-18-6-5-13-29(16-18)17-21-8-4-3-7-20(21)15-28-23(25-2)26-12-11-19-9-10-22(24)27-14-19/h3-4,7-10,14,18H,5-6,11-13,15-17H2,1-2H3,(H2,25,26,28). The molecule has 0 spiro atoms. The van der Waals surface area contributed by atoms with Crippen molar-refractivity contribution in [3.05, 3.63) is 64.4 Å². The maximum atomic E-state index is 5.84. The fourth-order valence-electron chi connectivity index (χ4n) is 3.83. The monoisotopic (exact) mass is 413 g/mol. The van der Waals surface area contributed by atoms with Gasteiger partial charge in [0.2, 0.25) is 0 Å². The zero-order chi connectivity index (χ0) is 20.5. The third-order valence-electron chi connectivity index (χ3n) is 5.42. The van der Waals surface area contributed by atoms with Gasteiger partial charge in [0.25, 0.3) is 0 Å². The molecule has 0 aliphatic carbocycles. The second-order valence-corrected chi connectivity index (χ2v) is 8.23. The van der Waals surface area contributed by atoms with Gasteiger partial charge >= 0.3 is 0 Å². The molecule has 0 amide bonds. The van der Waals surface area contributed by atoms with Crippen molar-refractivity contribution in [1.82, 2.24) is 20.5 Å². The molecule has 2 aromatic rings. The minimum absolute atomic E-state index is 0.525. The Labute approximate surface area is 179 Å². The normalized spacial score (nSPS) is 17.9. The summed E-state index contributed by atoms with van der Waals surface area (Å²) in [6.07, 6.45) is 5.35. The van der Waals surface area contributed by atoms with Gasteiger partial charge in [-0.15, -0.1) is 0 Å². The Morgan fingerprint density at radius 3 is 2.76 bits per heavy atom. The highest BCUT2D eigenvalue weighted by atomic mass is 35.5. The number of rotatable bonds is 7. The number of guanidine groups is 1. The molecule has 1 aromatic heterocycles. The summed E-state index contributed by atoms with van der Waals surface area (Å²) >= 11 is 5.84. The molecule has 0 bridgehead atoms. The van der Waals surface area contributed by atoms with Crippen molar-refractivity contribution in [2.75, 3.05) is 26.7 Å². The molecule has 5 nitrogen and oxygen atoms in total. The summed E-state index contributed by atoms with van der Waals surface area (Å²) in [5.74, 6) is 1.61. The van der Waals surface area contributed by atoms with Crippen LogP contribution in [-0.2, 0) is 19.5 Å². The molecule has 1 saturated heterocycles. The van der Waals surface area contributed by atoms with Gasteiger partial charge in [-0.3, -0.25) is 9.89 Å². The van der Waals surface area contributed by atoms with Crippen LogP contribution in [0.3, 0.4) is 0 Å². The SMILES string of the molecule is CN=C(NCCc1ccc(Cl)nc1)NCc1ccccc1CN1CCCC(C)C1. The fourth-order valence-corrected chi connectivity index (χ4v) is 3.95. The van der Waals surface area contributed by atoms with Crippen LogP contribution in [-0.4, -0.2) is 42.5 Å². The fraction of sp³-hybridized carbons (Fsp3) is 0.478. The minimum Gasteiger partial charge on any atom is -0.356 e. The van der Waals surface area contributed by atoms with Crippen LogP contribution in [0.4, 0.5) is 0 Å². The number of aromatic nitrogens is 1. The smallest absolute Gasteiger partial charge is 0.191 e. The lowest BCUT2D eigenvalue weighted by atomic mass is 9.99. The largest absolute Gasteiger partial charge is 0.356 e. The second-order valence-electron chi connectivity index (χ2n) is 7.84. The molecule has 1 fully saturated rings. The van der Waals surface area contributed by atoms with E-state index in [4.69, 9.17) is 11.6 Å². The van der Waals surface area contributed by atoms with E-state index >= 15 is 0 Å². The van der Waals surface area contributed by atoms with Crippen LogP contribution in [0.2, 0.25) is 5.15 Å². The number of pyridine rings is 1. The Hall–Kier alpha value is -2.11. The number of nitrogens with zero attached hydrogens (tertiary/aromatic N) is 3. The molecule has 1 aliphatic rings. The lowest BCUT2D eigenvalue weighted by Crippen LogP contribution is -2.38. The van der Waals surface area contributed by atoms with E-state index in [0.29, 0.717) is 5.15 Å². The molecule has 1 atom stereocenters. The lowest BCUT2D eigenvalue weighted by molar-refractivity contribution is 0.176. The summed E-state index contributed by atoms with van der Waals surface area (Å²) in [7, 11) is 1.81. The molecule has 1 aromatic carbocycles. The Kier molecular flexibility index (Phi) is 8.32. The molecule has 1 unspecified atom stereocenters. The number of halogens is 1. The van der Waals surface area contributed by atoms with Crippen LogP contribution >= 0.6 is 11.6 Å². The van der Waals surface area contributed by atoms with E-state index in [1.165, 1.54) is 37.1 Å². The quantitative estimate of drug-likeness (QED) is 0.411. The number of benzene rings is 1. The zero-order valence-electron chi connectivity index (χ0n) is 17.5. The second kappa shape index (κ2) is 11.2. The van der Waals surface area contributed by atoms with E-state index in [-0.39, 0.29) is 0 Å². The Balaban J connectivity index is 1.49. The topological polar surface area (TPSA) is 52.6 Å². The van der Waals surface area contributed by atoms with Crippen LogP contribution in [0.25, 0.3) is 0 Å². The van der Waals surface area contributed by atoms with Crippen LogP contribution in [0, 0.1) is 5.92 Å². The van der Waals surface area contributed by atoms with Gasteiger partial charge in [-0.2, -0.15) is 0 Å². The minimum atomic E-state index is 0.525. The predicted octanol–water partition coefficient (Wildman–Crippen LogP) is 3.87. The molecule has 2 N–H and O–H groups in total. The van der Waals surface area contributed by atoms with Gasteiger partial charge in [-0.25, -0.2) is 4.98 Å². The summed E-state index contributed by atoms with van der Waals surface area (Å²) in [5, 5.41) is 7.35. The summed E-state index contributed by atoms with van der Waals surface area (Å²) in [4.78, 5) is 11.1. The number of hydrogen-bond donors (Lipinski definition) is 2. The van der Waals surface area contributed by atoms with Crippen LogP contribution < -0.4 is 10.6 Å². The van der Waals surface area contributed by atoms with E-state index in [1.54, 1.807) is 7.05 Å². The van der Waals surface area contributed by atoms with E-state index in [1.807, 2.05) is 18.3 Å². The highest BCUT2D eigenvalue weighted by Crippen LogP contribution is 2.19. The predicted molar refractivity (Wildman–Crippen MR) is 121 cm³/mol. The van der Waals surface area contributed by atoms with Gasteiger partial charge in [0.1, 0.15) is 5.15 Å². The van der Waals surface area contributed by atoms with E-state index < -0.39 is 0 Å². The maximum absolute atomic E-state index is 5.84. The lowest BCUT2D eigenvalue weighted by Gasteiger charge is -2.31. The van der Waals surface area contributed by atoms with Crippen molar-refractivity contribution < 1.29 is 0 Å². The third kappa shape index (κ3) is 7.02. The van der Waals surface area contributed by atoms with Gasteiger partial charge in [0.15, 0.2) is 5.96 Å². The zero-order valence-corrected chi connectivity index (χ0v) is 18.3. The molecule has 1 aliphatic heterocycles. The van der Waals surface area contributed by atoms with Crippen LogP contribution in [0.15, 0.2) is 47.6 Å². The third-order valence-corrected chi connectivity index (χ3v) is 5.64. The number of aliphatic imine (C=N–C) groups is 1. The van der Waals surface area contributed by atoms with Crippen molar-refractivity contribution in [3.63, 3.8) is 0 Å². The van der Waals surface area contributed by atoms with Gasteiger partial charge in [0, 0.05) is 39.4 Å². The summed E-state index contributed by atoms with van der Waals surface area (Å²) in [5.41, 5.74) is 3.88. The highest BCUT2D eigenvalue weighted by molar-refractivity contribution is 6.29. The van der Waals surface area contributed by atoms with E-state index in [2.05, 4.69) is 56.7 Å². The Morgan fingerprint density at radius 2 is 2.03 bits per heavy atom. The van der Waals surface area contributed by atoms with Crippen LogP contribution in [0.5, 0.6) is 0 Å². The summed E-state index contributed by atoms with van der Waals surface area (Å²) in [6, 6.07) is 12.5. The van der Waals surface area contributed by atoms with Crippen molar-refractivity contribution in [1.29, 1.82) is 0 Å². The average Bonchev–Trinajstić information content (AvgIpc) is 2.73. The molecule has 3 rings (SSSR count). The van der Waals surface area contributed by atoms with Crippen molar-refractivity contribution >= 4 is 17.6 Å². The molecule has 29 heavy (non-hydrogen) atoms. The van der Waals surface area contributed by atoms with Crippen molar-refractivity contribution in [2.24, 2.45) is 10.9 Å². The Bertz CT molecular complexity index is 790. The molecule has 6 heteroatoms. The van der Waals surface area contributed by atoms with Crippen LogP contribution in [0.1, 0.15) is 36.5 Å². The summed E-state index contributed by atoms with van der Waals surface area (Å²) in [6.45, 7) is 7.34. The first kappa shape index (κ1) is 21.6. The molecular formula is C23H32ClN5. The molecule has 2 heterocycles. The van der Waals surface area contributed by atoms with Gasteiger partial charge < -0.3 is 10.6 Å². The maximum Gasteiger partial charge on any atom is 0.191 e. The number of piperidine rings is 1. The molecule has 156 valence electrons. The first-order valence-electron chi connectivity index (χ1n) is 10.5. The molecule has 0 saturated carbocycles. The summed E-state index contributed by atoms with van der Waals surface area (Å²) < 4.78 is 0. The number of nitrogens with one attached hydrogen (secondary N) is 2. The molecular weight excluding hydrogens is 382 g/mol.